The first-order valence-corrected chi connectivity index (χ1v) is 12.5. The summed E-state index contributed by atoms with van der Waals surface area (Å²) in [7, 11) is 1.69. The number of halogens is 1. The van der Waals surface area contributed by atoms with Crippen LogP contribution in [0.2, 0.25) is 0 Å². The first-order valence-electron chi connectivity index (χ1n) is 12.5. The number of pyridine rings is 2. The predicted octanol–water partition coefficient (Wildman–Crippen LogP) is 3.81. The minimum Gasteiger partial charge on any atom is -0.368 e. The van der Waals surface area contributed by atoms with Gasteiger partial charge in [0.15, 0.2) is 5.82 Å². The Morgan fingerprint density at radius 1 is 0.949 bits per heavy atom. The van der Waals surface area contributed by atoms with Crippen molar-refractivity contribution >= 4 is 11.6 Å². The quantitative estimate of drug-likeness (QED) is 0.339. The fraction of sp³-hybridized carbons (Fsp3) is 0.214. The average molecular weight is 525 g/mol. The Hall–Kier alpha value is -4.93. The van der Waals surface area contributed by atoms with E-state index in [2.05, 4.69) is 41.8 Å². The second-order valence-electron chi connectivity index (χ2n) is 9.39. The van der Waals surface area contributed by atoms with Crippen LogP contribution < -0.4 is 15.4 Å². The first-order chi connectivity index (χ1) is 19.0. The van der Waals surface area contributed by atoms with Crippen LogP contribution in [0.4, 0.5) is 16.0 Å². The van der Waals surface area contributed by atoms with E-state index in [-0.39, 0.29) is 17.2 Å². The first kappa shape index (κ1) is 24.4. The van der Waals surface area contributed by atoms with Gasteiger partial charge in [0.2, 0.25) is 11.8 Å². The van der Waals surface area contributed by atoms with Crippen molar-refractivity contribution in [3.63, 3.8) is 0 Å². The Bertz CT molecular complexity index is 1670. The lowest BCUT2D eigenvalue weighted by molar-refractivity contribution is 0.432. The van der Waals surface area contributed by atoms with Gasteiger partial charge < -0.3 is 14.3 Å². The summed E-state index contributed by atoms with van der Waals surface area (Å²) < 4.78 is 21.3. The largest absolute Gasteiger partial charge is 0.368 e. The van der Waals surface area contributed by atoms with E-state index in [4.69, 9.17) is 4.52 Å². The van der Waals surface area contributed by atoms with Crippen LogP contribution >= 0.6 is 0 Å². The molecule has 0 spiro atoms. The Balaban J connectivity index is 1.19. The van der Waals surface area contributed by atoms with Crippen molar-refractivity contribution in [2.75, 3.05) is 29.4 Å². The molecule has 1 aromatic carbocycles. The molecule has 1 aliphatic rings. The van der Waals surface area contributed by atoms with Crippen LogP contribution in [0.25, 0.3) is 34.1 Å². The van der Waals surface area contributed by atoms with Crippen molar-refractivity contribution in [2.45, 2.75) is 13.0 Å². The number of hydrogen-bond acceptors (Lipinski definition) is 9. The number of rotatable bonds is 5. The molecule has 1 atom stereocenters. The van der Waals surface area contributed by atoms with E-state index in [1.807, 2.05) is 36.4 Å². The van der Waals surface area contributed by atoms with Crippen LogP contribution in [-0.4, -0.2) is 55.3 Å². The summed E-state index contributed by atoms with van der Waals surface area (Å²) in [5, 5.41) is 4.12. The summed E-state index contributed by atoms with van der Waals surface area (Å²) in [6.07, 6.45) is 5.98. The maximum Gasteiger partial charge on any atom is 0.258 e. The summed E-state index contributed by atoms with van der Waals surface area (Å²) in [6, 6.07) is 14.6. The molecule has 1 saturated heterocycles. The van der Waals surface area contributed by atoms with Crippen molar-refractivity contribution in [1.29, 1.82) is 0 Å². The van der Waals surface area contributed by atoms with Gasteiger partial charge in [0.1, 0.15) is 0 Å². The van der Waals surface area contributed by atoms with E-state index >= 15 is 0 Å². The summed E-state index contributed by atoms with van der Waals surface area (Å²) in [5.74, 6) is 0.961. The van der Waals surface area contributed by atoms with E-state index in [0.29, 0.717) is 29.9 Å². The second-order valence-corrected chi connectivity index (χ2v) is 9.39. The number of nitrogens with zero attached hydrogens (tertiary/aromatic N) is 8. The fourth-order valence-electron chi connectivity index (χ4n) is 4.77. The molecule has 4 aromatic heterocycles. The predicted molar refractivity (Wildman–Crippen MR) is 145 cm³/mol. The normalized spacial score (nSPS) is 15.5. The minimum atomic E-state index is -0.514. The zero-order valence-electron chi connectivity index (χ0n) is 21.4. The maximum atomic E-state index is 14.4. The van der Waals surface area contributed by atoms with Crippen LogP contribution in [0.3, 0.4) is 0 Å². The zero-order chi connectivity index (χ0) is 26.9. The zero-order valence-corrected chi connectivity index (χ0v) is 21.4. The molecule has 1 aliphatic heterocycles. The van der Waals surface area contributed by atoms with Crippen molar-refractivity contribution in [2.24, 2.45) is 7.05 Å². The van der Waals surface area contributed by atoms with Crippen LogP contribution in [0.5, 0.6) is 0 Å². The Morgan fingerprint density at radius 3 is 2.46 bits per heavy atom. The van der Waals surface area contributed by atoms with E-state index in [1.165, 1.54) is 22.9 Å². The van der Waals surface area contributed by atoms with Gasteiger partial charge in [-0.2, -0.15) is 4.98 Å². The molecule has 5 heterocycles. The Morgan fingerprint density at radius 2 is 1.72 bits per heavy atom. The van der Waals surface area contributed by atoms with Crippen LogP contribution in [-0.2, 0) is 7.05 Å². The SMILES string of the molecule is C[C@@H]1CN(c2ccc(-c3noc(-c4ccncc4)n3)cc2)CCN1c1nc(-c2ccncc2F)cc(=O)n1C. The summed E-state index contributed by atoms with van der Waals surface area (Å²) in [4.78, 5) is 34.1. The molecule has 0 saturated carbocycles. The molecule has 0 radical (unpaired) electrons. The highest BCUT2D eigenvalue weighted by atomic mass is 19.1. The minimum absolute atomic E-state index is 0.0502. The molecule has 6 rings (SSSR count). The third kappa shape index (κ3) is 4.74. The standard InChI is InChI=1S/C28H25FN8O2/c1-18-17-36(21-5-3-19(4-6-21)26-33-27(39-34-26)20-7-10-30-11-8-20)13-14-37(18)28-32-24(15-25(38)35(28)2)22-9-12-31-16-23(22)29/h3-12,15-16,18H,13-14,17H2,1-2H3/t18-/m1/s1. The van der Waals surface area contributed by atoms with Crippen LogP contribution in [0, 0.1) is 5.82 Å². The molecule has 0 N–H and O–H groups in total. The van der Waals surface area contributed by atoms with Crippen molar-refractivity contribution in [3.8, 4) is 34.1 Å². The molecule has 5 aromatic rings. The van der Waals surface area contributed by atoms with Gasteiger partial charge in [0, 0.05) is 79.8 Å². The molecule has 0 aliphatic carbocycles. The maximum absolute atomic E-state index is 14.4. The smallest absolute Gasteiger partial charge is 0.258 e. The third-order valence-electron chi connectivity index (χ3n) is 6.89. The summed E-state index contributed by atoms with van der Waals surface area (Å²) in [5.41, 5.74) is 3.05. The van der Waals surface area contributed by atoms with Gasteiger partial charge in [0.25, 0.3) is 11.4 Å². The average Bonchev–Trinajstić information content (AvgIpc) is 3.46. The van der Waals surface area contributed by atoms with Gasteiger partial charge in [-0.15, -0.1) is 0 Å². The molecule has 11 heteroatoms. The number of anilines is 2. The van der Waals surface area contributed by atoms with E-state index < -0.39 is 5.82 Å². The van der Waals surface area contributed by atoms with Crippen LogP contribution in [0.1, 0.15) is 6.92 Å². The van der Waals surface area contributed by atoms with Crippen molar-refractivity contribution in [1.82, 2.24) is 29.7 Å². The molecule has 10 nitrogen and oxygen atoms in total. The molecule has 1 fully saturated rings. The topological polar surface area (TPSA) is 106 Å². The lowest BCUT2D eigenvalue weighted by atomic mass is 10.1. The van der Waals surface area contributed by atoms with Gasteiger partial charge >= 0.3 is 0 Å². The highest BCUT2D eigenvalue weighted by Crippen LogP contribution is 2.27. The van der Waals surface area contributed by atoms with Gasteiger partial charge in [-0.25, -0.2) is 9.37 Å². The highest BCUT2D eigenvalue weighted by Gasteiger charge is 2.27. The monoisotopic (exact) mass is 524 g/mol. The summed E-state index contributed by atoms with van der Waals surface area (Å²) >= 11 is 0. The molecule has 0 unspecified atom stereocenters. The molecule has 0 amide bonds. The lowest BCUT2D eigenvalue weighted by Crippen LogP contribution is -2.53. The molecule has 0 bridgehead atoms. The Labute approximate surface area is 223 Å². The van der Waals surface area contributed by atoms with Crippen LogP contribution in [0.15, 0.2) is 82.6 Å². The number of benzene rings is 1. The molecule has 196 valence electrons. The molecule has 39 heavy (non-hydrogen) atoms. The Kier molecular flexibility index (Phi) is 6.31. The van der Waals surface area contributed by atoms with E-state index in [9.17, 15) is 9.18 Å². The number of hydrogen-bond donors (Lipinski definition) is 0. The van der Waals surface area contributed by atoms with Gasteiger partial charge in [-0.3, -0.25) is 19.3 Å². The van der Waals surface area contributed by atoms with E-state index in [0.717, 1.165) is 36.1 Å². The van der Waals surface area contributed by atoms with Crippen molar-refractivity contribution in [3.05, 3.63) is 89.5 Å². The number of aromatic nitrogens is 6. The van der Waals surface area contributed by atoms with Crippen molar-refractivity contribution < 1.29 is 8.91 Å². The third-order valence-corrected chi connectivity index (χ3v) is 6.89. The van der Waals surface area contributed by atoms with Gasteiger partial charge in [-0.1, -0.05) is 5.16 Å². The second kappa shape index (κ2) is 10.1. The van der Waals surface area contributed by atoms with Gasteiger partial charge in [-0.05, 0) is 49.4 Å². The van der Waals surface area contributed by atoms with Gasteiger partial charge in [0.05, 0.1) is 11.9 Å². The lowest BCUT2D eigenvalue weighted by Gasteiger charge is -2.42. The number of piperazine rings is 1. The van der Waals surface area contributed by atoms with E-state index in [1.54, 1.807) is 19.4 Å². The summed E-state index contributed by atoms with van der Waals surface area (Å²) in [6.45, 7) is 4.18. The fourth-order valence-corrected chi connectivity index (χ4v) is 4.77. The molecular formula is C28H25FN8O2. The highest BCUT2D eigenvalue weighted by molar-refractivity contribution is 5.64. The molecular weight excluding hydrogens is 499 g/mol.